The van der Waals surface area contributed by atoms with Crippen molar-refractivity contribution in [3.8, 4) is 5.75 Å². The van der Waals surface area contributed by atoms with Gasteiger partial charge in [-0.2, -0.15) is 0 Å². The molecule has 0 aliphatic heterocycles. The Labute approximate surface area is 108 Å². The molecule has 3 heteroatoms. The van der Waals surface area contributed by atoms with Crippen molar-refractivity contribution < 1.29 is 4.74 Å². The average molecular weight is 242 g/mol. The number of ether oxygens (including phenoxy) is 1. The van der Waals surface area contributed by atoms with Crippen LogP contribution in [0.5, 0.6) is 5.75 Å². The fraction of sp³-hybridized carbons (Fsp3) is 0.267. The van der Waals surface area contributed by atoms with Crippen molar-refractivity contribution in [1.82, 2.24) is 4.98 Å². The Bertz CT molecular complexity index is 494. The van der Waals surface area contributed by atoms with Crippen LogP contribution in [0.4, 0.5) is 0 Å². The molecule has 0 spiro atoms. The number of nitrogens with zero attached hydrogens (tertiary/aromatic N) is 1. The van der Waals surface area contributed by atoms with E-state index in [9.17, 15) is 0 Å². The monoisotopic (exact) mass is 242 g/mol. The van der Waals surface area contributed by atoms with Crippen LogP contribution in [-0.4, -0.2) is 4.98 Å². The van der Waals surface area contributed by atoms with Gasteiger partial charge < -0.3 is 10.5 Å². The van der Waals surface area contributed by atoms with Gasteiger partial charge in [0.05, 0.1) is 5.69 Å². The molecule has 0 atom stereocenters. The van der Waals surface area contributed by atoms with E-state index in [1.165, 1.54) is 5.56 Å². The lowest BCUT2D eigenvalue weighted by atomic mass is 10.1. The van der Waals surface area contributed by atoms with Crippen molar-refractivity contribution in [2.24, 2.45) is 5.73 Å². The maximum atomic E-state index is 5.79. The number of benzene rings is 1. The van der Waals surface area contributed by atoms with Crippen LogP contribution < -0.4 is 10.5 Å². The van der Waals surface area contributed by atoms with E-state index in [2.05, 4.69) is 18.0 Å². The van der Waals surface area contributed by atoms with Gasteiger partial charge in [-0.25, -0.2) is 0 Å². The summed E-state index contributed by atoms with van der Waals surface area (Å²) in [6.07, 6.45) is 2.76. The van der Waals surface area contributed by atoms with E-state index >= 15 is 0 Å². The molecule has 0 amide bonds. The molecule has 0 aliphatic rings. The van der Waals surface area contributed by atoms with Gasteiger partial charge in [-0.05, 0) is 29.7 Å². The Morgan fingerprint density at radius 2 is 2.00 bits per heavy atom. The second kappa shape index (κ2) is 6.17. The van der Waals surface area contributed by atoms with Crippen LogP contribution >= 0.6 is 0 Å². The number of pyridine rings is 1. The zero-order chi connectivity index (χ0) is 12.8. The first kappa shape index (κ1) is 12.6. The van der Waals surface area contributed by atoms with Gasteiger partial charge in [-0.15, -0.1) is 0 Å². The number of hydrogen-bond donors (Lipinski definition) is 1. The molecule has 1 aromatic heterocycles. The number of aryl methyl sites for hydroxylation is 1. The number of aromatic nitrogens is 1. The standard InChI is InChI=1S/C15H18N2O/c1-2-13-5-3-4-6-15(13)18-11-14-8-7-12(9-16)10-17-14/h3-8,10H,2,9,11,16H2,1H3. The third kappa shape index (κ3) is 3.08. The molecule has 2 aromatic rings. The first-order chi connectivity index (χ1) is 8.83. The zero-order valence-corrected chi connectivity index (χ0v) is 10.6. The highest BCUT2D eigenvalue weighted by Gasteiger charge is 2.02. The minimum absolute atomic E-state index is 0.488. The Morgan fingerprint density at radius 3 is 2.67 bits per heavy atom. The van der Waals surface area contributed by atoms with Gasteiger partial charge >= 0.3 is 0 Å². The minimum Gasteiger partial charge on any atom is -0.487 e. The topological polar surface area (TPSA) is 48.1 Å². The van der Waals surface area contributed by atoms with Gasteiger partial charge in [0, 0.05) is 12.7 Å². The molecule has 0 bridgehead atoms. The molecule has 0 unspecified atom stereocenters. The highest BCUT2D eigenvalue weighted by atomic mass is 16.5. The molecular formula is C15H18N2O. The van der Waals surface area contributed by atoms with Gasteiger partial charge in [0.25, 0.3) is 0 Å². The van der Waals surface area contributed by atoms with E-state index in [0.29, 0.717) is 13.2 Å². The van der Waals surface area contributed by atoms with Crippen molar-refractivity contribution in [2.75, 3.05) is 0 Å². The first-order valence-corrected chi connectivity index (χ1v) is 6.18. The van der Waals surface area contributed by atoms with E-state index in [1.807, 2.05) is 30.3 Å². The number of rotatable bonds is 5. The average Bonchev–Trinajstić information content (AvgIpc) is 2.46. The summed E-state index contributed by atoms with van der Waals surface area (Å²) in [7, 11) is 0. The smallest absolute Gasteiger partial charge is 0.130 e. The number of hydrogen-bond acceptors (Lipinski definition) is 3. The molecule has 94 valence electrons. The SMILES string of the molecule is CCc1ccccc1OCc1ccc(CN)cn1. The van der Waals surface area contributed by atoms with Crippen LogP contribution in [0.3, 0.4) is 0 Å². The highest BCUT2D eigenvalue weighted by molar-refractivity contribution is 5.33. The summed E-state index contributed by atoms with van der Waals surface area (Å²) in [4.78, 5) is 4.32. The number of para-hydroxylation sites is 1. The largest absolute Gasteiger partial charge is 0.487 e. The predicted octanol–water partition coefficient (Wildman–Crippen LogP) is 2.68. The van der Waals surface area contributed by atoms with Crippen molar-refractivity contribution >= 4 is 0 Å². The van der Waals surface area contributed by atoms with Crippen LogP contribution in [0.2, 0.25) is 0 Å². The molecule has 2 N–H and O–H groups in total. The summed E-state index contributed by atoms with van der Waals surface area (Å²) < 4.78 is 5.79. The van der Waals surface area contributed by atoms with Gasteiger partial charge in [-0.3, -0.25) is 4.98 Å². The molecule has 18 heavy (non-hydrogen) atoms. The third-order valence-electron chi connectivity index (χ3n) is 2.85. The normalized spacial score (nSPS) is 10.3. The molecular weight excluding hydrogens is 224 g/mol. The van der Waals surface area contributed by atoms with E-state index in [-0.39, 0.29) is 0 Å². The summed E-state index contributed by atoms with van der Waals surface area (Å²) in [6, 6.07) is 12.0. The molecule has 0 fully saturated rings. The zero-order valence-electron chi connectivity index (χ0n) is 10.6. The van der Waals surface area contributed by atoms with Crippen molar-refractivity contribution in [2.45, 2.75) is 26.5 Å². The minimum atomic E-state index is 0.488. The molecule has 3 nitrogen and oxygen atoms in total. The molecule has 0 radical (unpaired) electrons. The first-order valence-electron chi connectivity index (χ1n) is 6.18. The number of nitrogens with two attached hydrogens (primary N) is 1. The highest BCUT2D eigenvalue weighted by Crippen LogP contribution is 2.19. The lowest BCUT2D eigenvalue weighted by molar-refractivity contribution is 0.298. The second-order valence-electron chi connectivity index (χ2n) is 4.11. The van der Waals surface area contributed by atoms with Crippen molar-refractivity contribution in [3.63, 3.8) is 0 Å². The predicted molar refractivity (Wildman–Crippen MR) is 72.3 cm³/mol. The Balaban J connectivity index is 2.02. The maximum absolute atomic E-state index is 5.79. The fourth-order valence-electron chi connectivity index (χ4n) is 1.75. The summed E-state index contributed by atoms with van der Waals surface area (Å²) in [5.41, 5.74) is 8.70. The molecule has 0 saturated heterocycles. The quantitative estimate of drug-likeness (QED) is 0.877. The van der Waals surface area contributed by atoms with Gasteiger partial charge in [0.1, 0.15) is 12.4 Å². The Morgan fingerprint density at radius 1 is 1.17 bits per heavy atom. The van der Waals surface area contributed by atoms with Crippen LogP contribution in [0.1, 0.15) is 23.7 Å². The lowest BCUT2D eigenvalue weighted by Crippen LogP contribution is -2.02. The molecule has 2 rings (SSSR count). The van der Waals surface area contributed by atoms with Gasteiger partial charge in [-0.1, -0.05) is 31.2 Å². The van der Waals surface area contributed by atoms with Gasteiger partial charge in [0.2, 0.25) is 0 Å². The third-order valence-corrected chi connectivity index (χ3v) is 2.85. The second-order valence-corrected chi connectivity index (χ2v) is 4.11. The molecule has 1 heterocycles. The van der Waals surface area contributed by atoms with Crippen LogP contribution in [0, 0.1) is 0 Å². The van der Waals surface area contributed by atoms with E-state index in [4.69, 9.17) is 10.5 Å². The van der Waals surface area contributed by atoms with Crippen molar-refractivity contribution in [1.29, 1.82) is 0 Å². The summed E-state index contributed by atoms with van der Waals surface area (Å²) >= 11 is 0. The summed E-state index contributed by atoms with van der Waals surface area (Å²) in [5, 5.41) is 0. The van der Waals surface area contributed by atoms with Crippen LogP contribution in [0.15, 0.2) is 42.6 Å². The molecule has 1 aromatic carbocycles. The maximum Gasteiger partial charge on any atom is 0.130 e. The van der Waals surface area contributed by atoms with E-state index in [1.54, 1.807) is 6.20 Å². The fourth-order valence-corrected chi connectivity index (χ4v) is 1.75. The van der Waals surface area contributed by atoms with E-state index < -0.39 is 0 Å². The van der Waals surface area contributed by atoms with Gasteiger partial charge in [0.15, 0.2) is 0 Å². The van der Waals surface area contributed by atoms with E-state index in [0.717, 1.165) is 23.4 Å². The van der Waals surface area contributed by atoms with Crippen LogP contribution in [-0.2, 0) is 19.6 Å². The lowest BCUT2D eigenvalue weighted by Gasteiger charge is -2.09. The summed E-state index contributed by atoms with van der Waals surface area (Å²) in [5.74, 6) is 0.935. The molecule has 0 aliphatic carbocycles. The van der Waals surface area contributed by atoms with Crippen molar-refractivity contribution in [3.05, 3.63) is 59.4 Å². The Kier molecular flexibility index (Phi) is 4.31. The summed E-state index contributed by atoms with van der Waals surface area (Å²) in [6.45, 7) is 3.13. The Hall–Kier alpha value is -1.87. The van der Waals surface area contributed by atoms with Crippen LogP contribution in [0.25, 0.3) is 0 Å². The molecule has 0 saturated carbocycles.